The molecule has 6 heteroatoms. The first kappa shape index (κ1) is 22.0. The molecule has 1 aromatic rings. The highest BCUT2D eigenvalue weighted by molar-refractivity contribution is 6.41. The summed E-state index contributed by atoms with van der Waals surface area (Å²) in [5.74, 6) is 0.555. The molecular weight excluding hydrogens is 408 g/mol. The van der Waals surface area contributed by atoms with Gasteiger partial charge in [0, 0.05) is 23.8 Å². The zero-order valence-corrected chi connectivity index (χ0v) is 19.4. The second kappa shape index (κ2) is 8.36. The van der Waals surface area contributed by atoms with Gasteiger partial charge in [0.05, 0.1) is 16.8 Å². The summed E-state index contributed by atoms with van der Waals surface area (Å²) in [6.07, 6.45) is 8.89. The number of hydrogen-bond acceptors (Lipinski definition) is 5. The monoisotopic (exact) mass is 438 g/mol. The standard InChI is InChI=1S/C25H31ClN4O/c1-5-31-21-8-10-24(11-9-21)14-19-7-6-18(16(2)12-20(26)15-28-4)13-22(19)25(24)29-17(3)23(27)30-25/h6-7,12-13,15,21H,4-5,8-11,14H2,1-3H3,(H2,27,30). The van der Waals surface area contributed by atoms with Gasteiger partial charge < -0.3 is 10.5 Å². The molecule has 0 aromatic heterocycles. The van der Waals surface area contributed by atoms with Crippen molar-refractivity contribution in [2.45, 2.75) is 64.6 Å². The number of nitrogens with zero attached hydrogens (tertiary/aromatic N) is 3. The van der Waals surface area contributed by atoms with Crippen LogP contribution in [0.3, 0.4) is 0 Å². The summed E-state index contributed by atoms with van der Waals surface area (Å²) >= 11 is 6.24. The Labute approximate surface area is 189 Å². The van der Waals surface area contributed by atoms with Gasteiger partial charge in [-0.1, -0.05) is 23.7 Å². The molecule has 0 bridgehead atoms. The fourth-order valence-corrected chi connectivity index (χ4v) is 5.73. The highest BCUT2D eigenvalue weighted by Crippen LogP contribution is 2.61. The van der Waals surface area contributed by atoms with Crippen molar-refractivity contribution in [1.82, 2.24) is 0 Å². The zero-order chi connectivity index (χ0) is 22.2. The summed E-state index contributed by atoms with van der Waals surface area (Å²) in [6, 6.07) is 6.62. The number of halogens is 1. The van der Waals surface area contributed by atoms with Crippen molar-refractivity contribution in [3.05, 3.63) is 52.2 Å². The summed E-state index contributed by atoms with van der Waals surface area (Å²) in [7, 11) is 0. The summed E-state index contributed by atoms with van der Waals surface area (Å²) in [6.45, 7) is 10.3. The third-order valence-corrected chi connectivity index (χ3v) is 7.26. The Kier molecular flexibility index (Phi) is 5.93. The van der Waals surface area contributed by atoms with E-state index in [2.05, 4.69) is 36.8 Å². The molecule has 1 aliphatic heterocycles. The predicted molar refractivity (Wildman–Crippen MR) is 130 cm³/mol. The van der Waals surface area contributed by atoms with E-state index >= 15 is 0 Å². The number of amidine groups is 1. The topological polar surface area (TPSA) is 72.3 Å². The number of nitrogens with two attached hydrogens (primary N) is 1. The number of rotatable bonds is 5. The normalized spacial score (nSPS) is 30.5. The van der Waals surface area contributed by atoms with Crippen LogP contribution >= 0.6 is 11.6 Å². The van der Waals surface area contributed by atoms with Gasteiger partial charge in [0.2, 0.25) is 0 Å². The van der Waals surface area contributed by atoms with Crippen molar-refractivity contribution in [1.29, 1.82) is 0 Å². The highest BCUT2D eigenvalue weighted by atomic mass is 35.5. The van der Waals surface area contributed by atoms with Crippen molar-refractivity contribution >= 4 is 35.4 Å². The maximum Gasteiger partial charge on any atom is 0.184 e. The second-order valence-corrected chi connectivity index (χ2v) is 9.31. The van der Waals surface area contributed by atoms with Crippen molar-refractivity contribution in [2.75, 3.05) is 6.61 Å². The summed E-state index contributed by atoms with van der Waals surface area (Å²) in [5, 5.41) is 0.547. The first-order chi connectivity index (χ1) is 14.8. The summed E-state index contributed by atoms with van der Waals surface area (Å²) in [4.78, 5) is 13.9. The zero-order valence-electron chi connectivity index (χ0n) is 18.6. The lowest BCUT2D eigenvalue weighted by Gasteiger charge is -2.44. The molecule has 2 N–H and O–H groups in total. The number of hydrogen-bond donors (Lipinski definition) is 1. The first-order valence-electron chi connectivity index (χ1n) is 11.0. The molecule has 2 aliphatic carbocycles. The van der Waals surface area contributed by atoms with Crippen LogP contribution in [0.25, 0.3) is 5.57 Å². The molecule has 5 nitrogen and oxygen atoms in total. The minimum Gasteiger partial charge on any atom is -0.382 e. The van der Waals surface area contributed by atoms with E-state index in [1.165, 1.54) is 11.1 Å². The SMILES string of the molecule is C=NC=C(Cl)C=C(C)c1ccc2c(c1)C1(N=C(C)C(N)=N1)C1(CCC(OCC)CC1)C2. The van der Waals surface area contributed by atoms with Crippen molar-refractivity contribution < 1.29 is 4.74 Å². The van der Waals surface area contributed by atoms with E-state index in [4.69, 9.17) is 32.1 Å². The summed E-state index contributed by atoms with van der Waals surface area (Å²) in [5.41, 5.74) is 11.1. The van der Waals surface area contributed by atoms with Crippen LogP contribution in [0.1, 0.15) is 63.1 Å². The van der Waals surface area contributed by atoms with Crippen molar-refractivity contribution in [3.63, 3.8) is 0 Å². The van der Waals surface area contributed by atoms with Crippen LogP contribution in [-0.2, 0) is 16.8 Å². The number of benzene rings is 1. The molecule has 1 aromatic carbocycles. The molecule has 1 saturated carbocycles. The minimum atomic E-state index is -0.633. The largest absolute Gasteiger partial charge is 0.382 e. The lowest BCUT2D eigenvalue weighted by atomic mass is 9.65. The van der Waals surface area contributed by atoms with Gasteiger partial charge in [-0.2, -0.15) is 0 Å². The third-order valence-electron chi connectivity index (χ3n) is 7.05. The number of ether oxygens (including phenoxy) is 1. The maximum absolute atomic E-state index is 6.29. The average molecular weight is 439 g/mol. The predicted octanol–water partition coefficient (Wildman–Crippen LogP) is 5.38. The number of allylic oxidation sites excluding steroid dienone is 3. The second-order valence-electron chi connectivity index (χ2n) is 8.87. The Hall–Kier alpha value is -2.24. The average Bonchev–Trinajstić information content (AvgIpc) is 3.18. The lowest BCUT2D eigenvalue weighted by molar-refractivity contribution is -0.0181. The molecule has 1 unspecified atom stereocenters. The van der Waals surface area contributed by atoms with Crippen molar-refractivity contribution in [3.8, 4) is 0 Å². The molecule has 164 valence electrons. The van der Waals surface area contributed by atoms with Crippen LogP contribution in [0.5, 0.6) is 0 Å². The Morgan fingerprint density at radius 2 is 2.10 bits per heavy atom. The highest BCUT2D eigenvalue weighted by Gasteiger charge is 2.60. The molecule has 2 spiro atoms. The van der Waals surface area contributed by atoms with Crippen LogP contribution in [0.15, 0.2) is 50.5 Å². The molecule has 3 aliphatic rings. The van der Waals surface area contributed by atoms with Crippen LogP contribution in [-0.4, -0.2) is 31.0 Å². The van der Waals surface area contributed by atoms with Crippen LogP contribution in [0.2, 0.25) is 0 Å². The minimum absolute atomic E-state index is 0.0497. The van der Waals surface area contributed by atoms with E-state index in [0.29, 0.717) is 17.0 Å². The van der Waals surface area contributed by atoms with Gasteiger partial charge in [0.1, 0.15) is 5.84 Å². The maximum atomic E-state index is 6.29. The van der Waals surface area contributed by atoms with Crippen LogP contribution in [0, 0.1) is 5.41 Å². The quantitative estimate of drug-likeness (QED) is 0.495. The molecule has 1 heterocycles. The van der Waals surface area contributed by atoms with E-state index in [1.807, 2.05) is 19.9 Å². The Morgan fingerprint density at radius 1 is 1.35 bits per heavy atom. The smallest absolute Gasteiger partial charge is 0.184 e. The molecule has 0 saturated heterocycles. The molecular formula is C25H31ClN4O. The lowest BCUT2D eigenvalue weighted by Crippen LogP contribution is -2.43. The molecule has 1 fully saturated rings. The molecule has 1 atom stereocenters. The van der Waals surface area contributed by atoms with E-state index in [0.717, 1.165) is 55.6 Å². The van der Waals surface area contributed by atoms with E-state index < -0.39 is 5.66 Å². The van der Waals surface area contributed by atoms with E-state index in [1.54, 1.807) is 6.20 Å². The van der Waals surface area contributed by atoms with Gasteiger partial charge >= 0.3 is 0 Å². The first-order valence-corrected chi connectivity index (χ1v) is 11.4. The van der Waals surface area contributed by atoms with Gasteiger partial charge in [-0.05, 0) is 88.4 Å². The Bertz CT molecular complexity index is 994. The molecule has 31 heavy (non-hydrogen) atoms. The van der Waals surface area contributed by atoms with Crippen LogP contribution in [0.4, 0.5) is 0 Å². The Balaban J connectivity index is 1.77. The Morgan fingerprint density at radius 3 is 2.71 bits per heavy atom. The van der Waals surface area contributed by atoms with Gasteiger partial charge in [-0.25, -0.2) is 4.99 Å². The fourth-order valence-electron chi connectivity index (χ4n) is 5.50. The third kappa shape index (κ3) is 3.68. The van der Waals surface area contributed by atoms with E-state index in [9.17, 15) is 0 Å². The molecule has 0 amide bonds. The van der Waals surface area contributed by atoms with Crippen molar-refractivity contribution in [2.24, 2.45) is 26.1 Å². The number of fused-ring (bicyclic) bond motifs is 3. The van der Waals surface area contributed by atoms with Gasteiger partial charge in [-0.15, -0.1) is 0 Å². The van der Waals surface area contributed by atoms with Crippen LogP contribution < -0.4 is 5.73 Å². The summed E-state index contributed by atoms with van der Waals surface area (Å²) < 4.78 is 5.93. The molecule has 4 rings (SSSR count). The van der Waals surface area contributed by atoms with Gasteiger partial charge in [0.15, 0.2) is 5.66 Å². The molecule has 0 radical (unpaired) electrons. The van der Waals surface area contributed by atoms with E-state index in [-0.39, 0.29) is 5.41 Å². The van der Waals surface area contributed by atoms with Gasteiger partial charge in [-0.3, -0.25) is 9.98 Å². The van der Waals surface area contributed by atoms with Gasteiger partial charge in [0.25, 0.3) is 0 Å². The fraction of sp³-hybridized carbons (Fsp3) is 0.480. The number of aliphatic imine (C=N–C) groups is 3.